The Morgan fingerprint density at radius 2 is 1.77 bits per heavy atom. The second kappa shape index (κ2) is 8.61. The largest absolute Gasteiger partial charge is 0.316 e. The first-order chi connectivity index (χ1) is 12.7. The van der Waals surface area contributed by atoms with Crippen LogP contribution in [0.4, 0.5) is 4.39 Å². The highest BCUT2D eigenvalue weighted by Crippen LogP contribution is 2.19. The number of halogens is 1. The van der Waals surface area contributed by atoms with E-state index in [1.165, 1.54) is 47.6 Å². The van der Waals surface area contributed by atoms with E-state index in [4.69, 9.17) is 0 Å². The maximum absolute atomic E-state index is 12.3. The Hall–Kier alpha value is -2.68. The van der Waals surface area contributed by atoms with Gasteiger partial charge in [-0.05, 0) is 12.1 Å². The number of hydrogen-bond donors (Lipinski definition) is 0. The molecule has 0 atom stereocenters. The first kappa shape index (κ1) is 18.1. The van der Waals surface area contributed by atoms with E-state index in [0.29, 0.717) is 11.4 Å². The lowest BCUT2D eigenvalue weighted by atomic mass is 10.3. The van der Waals surface area contributed by atoms with Crippen molar-refractivity contribution in [3.8, 4) is 10.6 Å². The van der Waals surface area contributed by atoms with Crippen molar-refractivity contribution in [3.05, 3.63) is 62.6 Å². The van der Waals surface area contributed by atoms with Gasteiger partial charge >= 0.3 is 11.1 Å². The summed E-state index contributed by atoms with van der Waals surface area (Å²) in [7, 11) is 0. The standard InChI is InChI=1S/C14H12FN5O2S.C3H6/c15-3-4-19-5-6-20(14(22)13(19)21)8-10-1-2-11(18-17-10)12-7-16-9-23-12;1-2-3-1/h1-2,5-7,9H,3-4,8H2;1-3H2. The van der Waals surface area contributed by atoms with E-state index in [1.807, 2.05) is 0 Å². The van der Waals surface area contributed by atoms with Crippen LogP contribution in [0.15, 0.2) is 45.8 Å². The molecule has 0 aliphatic heterocycles. The summed E-state index contributed by atoms with van der Waals surface area (Å²) in [5.74, 6) is 0. The van der Waals surface area contributed by atoms with Gasteiger partial charge in [-0.2, -0.15) is 5.10 Å². The summed E-state index contributed by atoms with van der Waals surface area (Å²) in [6.45, 7) is -0.702. The molecule has 1 fully saturated rings. The van der Waals surface area contributed by atoms with E-state index in [2.05, 4.69) is 15.2 Å². The van der Waals surface area contributed by atoms with Crippen LogP contribution < -0.4 is 11.1 Å². The summed E-state index contributed by atoms with van der Waals surface area (Å²) in [6, 6.07) is 3.52. The minimum absolute atomic E-state index is 0.126. The maximum Gasteiger partial charge on any atom is 0.316 e. The summed E-state index contributed by atoms with van der Waals surface area (Å²) in [5.41, 5.74) is 1.48. The van der Waals surface area contributed by atoms with E-state index in [0.717, 1.165) is 9.44 Å². The molecular weight excluding hydrogens is 357 g/mol. The molecule has 9 heteroatoms. The van der Waals surface area contributed by atoms with Gasteiger partial charge < -0.3 is 9.13 Å². The van der Waals surface area contributed by atoms with Gasteiger partial charge in [0, 0.05) is 18.6 Å². The molecule has 1 aliphatic carbocycles. The normalized spacial score (nSPS) is 12.3. The third kappa shape index (κ3) is 4.69. The molecule has 3 aromatic heterocycles. The highest BCUT2D eigenvalue weighted by molar-refractivity contribution is 7.13. The second-order valence-electron chi connectivity index (χ2n) is 5.75. The molecule has 26 heavy (non-hydrogen) atoms. The number of hydrogen-bond acceptors (Lipinski definition) is 6. The van der Waals surface area contributed by atoms with Gasteiger partial charge in [0.1, 0.15) is 12.4 Å². The van der Waals surface area contributed by atoms with E-state index >= 15 is 0 Å². The first-order valence-electron chi connectivity index (χ1n) is 8.26. The van der Waals surface area contributed by atoms with Crippen molar-refractivity contribution in [2.75, 3.05) is 6.67 Å². The smallest absolute Gasteiger partial charge is 0.307 e. The lowest BCUT2D eigenvalue weighted by Gasteiger charge is -2.07. The van der Waals surface area contributed by atoms with Gasteiger partial charge in [0.2, 0.25) is 0 Å². The molecule has 0 spiro atoms. The molecule has 0 saturated heterocycles. The lowest BCUT2D eigenvalue weighted by Crippen LogP contribution is -2.41. The van der Waals surface area contributed by atoms with Crippen molar-refractivity contribution >= 4 is 11.3 Å². The molecule has 7 nitrogen and oxygen atoms in total. The Morgan fingerprint density at radius 1 is 1.04 bits per heavy atom. The van der Waals surface area contributed by atoms with Gasteiger partial charge in [0.05, 0.1) is 29.2 Å². The molecule has 1 saturated carbocycles. The van der Waals surface area contributed by atoms with Crippen molar-refractivity contribution in [3.63, 3.8) is 0 Å². The van der Waals surface area contributed by atoms with E-state index in [1.54, 1.807) is 23.8 Å². The Labute approximate surface area is 152 Å². The molecule has 4 rings (SSSR count). The fourth-order valence-electron chi connectivity index (χ4n) is 2.03. The number of thiazole rings is 1. The van der Waals surface area contributed by atoms with E-state index in [9.17, 15) is 14.0 Å². The summed E-state index contributed by atoms with van der Waals surface area (Å²) < 4.78 is 14.6. The summed E-state index contributed by atoms with van der Waals surface area (Å²) in [5, 5.41) is 8.15. The predicted molar refractivity (Wildman–Crippen MR) is 97.0 cm³/mol. The number of aromatic nitrogens is 5. The van der Waals surface area contributed by atoms with Crippen LogP contribution in [0, 0.1) is 0 Å². The van der Waals surface area contributed by atoms with Crippen molar-refractivity contribution in [2.45, 2.75) is 32.4 Å². The van der Waals surface area contributed by atoms with Gasteiger partial charge in [-0.1, -0.05) is 19.3 Å². The van der Waals surface area contributed by atoms with Gasteiger partial charge in [0.25, 0.3) is 0 Å². The Morgan fingerprint density at radius 3 is 2.35 bits per heavy atom. The maximum atomic E-state index is 12.3. The summed E-state index contributed by atoms with van der Waals surface area (Å²) >= 11 is 1.45. The van der Waals surface area contributed by atoms with Crippen LogP contribution in [0.3, 0.4) is 0 Å². The van der Waals surface area contributed by atoms with Gasteiger partial charge in [-0.25, -0.2) is 4.39 Å². The van der Waals surface area contributed by atoms with Crippen LogP contribution in [0.1, 0.15) is 25.0 Å². The number of alkyl halides is 1. The molecule has 136 valence electrons. The molecule has 0 unspecified atom stereocenters. The fourth-order valence-corrected chi connectivity index (χ4v) is 2.61. The lowest BCUT2D eigenvalue weighted by molar-refractivity contribution is 0.436. The average Bonchev–Trinajstić information content (AvgIpc) is 3.45. The quantitative estimate of drug-likeness (QED) is 0.638. The van der Waals surface area contributed by atoms with Crippen LogP contribution in [0.5, 0.6) is 0 Å². The zero-order valence-electron chi connectivity index (χ0n) is 14.0. The molecule has 0 N–H and O–H groups in total. The zero-order valence-corrected chi connectivity index (χ0v) is 14.9. The average molecular weight is 375 g/mol. The molecule has 0 amide bonds. The monoisotopic (exact) mass is 375 g/mol. The molecule has 3 aromatic rings. The van der Waals surface area contributed by atoms with Crippen molar-refractivity contribution < 1.29 is 4.39 Å². The number of rotatable bonds is 5. The molecule has 1 aliphatic rings. The SMILES string of the molecule is C1CC1.O=c1c(=O)n(Cc2ccc(-c3cncs3)nn2)ccn1CCF. The van der Waals surface area contributed by atoms with Crippen LogP contribution in [-0.2, 0) is 13.1 Å². The zero-order chi connectivity index (χ0) is 18.4. The Balaban J connectivity index is 0.000000592. The van der Waals surface area contributed by atoms with Crippen LogP contribution in [0.2, 0.25) is 0 Å². The molecule has 0 bridgehead atoms. The summed E-state index contributed by atoms with van der Waals surface area (Å²) in [6.07, 6.45) is 9.03. The van der Waals surface area contributed by atoms with Gasteiger partial charge in [0.15, 0.2) is 0 Å². The Bertz CT molecular complexity index is 946. The minimum atomic E-state index is -0.751. The molecule has 0 radical (unpaired) electrons. The highest BCUT2D eigenvalue weighted by Gasteiger charge is 2.07. The number of nitrogens with zero attached hydrogens (tertiary/aromatic N) is 5. The fraction of sp³-hybridized carbons (Fsp3) is 0.353. The van der Waals surface area contributed by atoms with Gasteiger partial charge in [-0.15, -0.1) is 16.4 Å². The first-order valence-corrected chi connectivity index (χ1v) is 9.14. The molecule has 0 aromatic carbocycles. The van der Waals surface area contributed by atoms with Crippen molar-refractivity contribution in [1.29, 1.82) is 0 Å². The van der Waals surface area contributed by atoms with Crippen LogP contribution in [-0.4, -0.2) is 31.0 Å². The van der Waals surface area contributed by atoms with Gasteiger partial charge in [-0.3, -0.25) is 14.6 Å². The van der Waals surface area contributed by atoms with Crippen molar-refractivity contribution in [2.24, 2.45) is 0 Å². The number of aryl methyl sites for hydroxylation is 1. The van der Waals surface area contributed by atoms with Crippen LogP contribution in [0.25, 0.3) is 10.6 Å². The van der Waals surface area contributed by atoms with Crippen molar-refractivity contribution in [1.82, 2.24) is 24.3 Å². The van der Waals surface area contributed by atoms with E-state index < -0.39 is 17.8 Å². The summed E-state index contributed by atoms with van der Waals surface area (Å²) in [4.78, 5) is 28.6. The predicted octanol–water partition coefficient (Wildman–Crippen LogP) is 2.11. The van der Waals surface area contributed by atoms with E-state index in [-0.39, 0.29) is 13.1 Å². The third-order valence-corrected chi connectivity index (χ3v) is 4.34. The topological polar surface area (TPSA) is 82.7 Å². The Kier molecular flexibility index (Phi) is 6.00. The second-order valence-corrected chi connectivity index (χ2v) is 6.64. The highest BCUT2D eigenvalue weighted by atomic mass is 32.1. The third-order valence-electron chi connectivity index (χ3n) is 3.55. The minimum Gasteiger partial charge on any atom is -0.307 e. The molecule has 3 heterocycles. The molecular formula is C17H18FN5O2S. The van der Waals surface area contributed by atoms with Crippen LogP contribution >= 0.6 is 11.3 Å².